The number of benzene rings is 1. The Bertz CT molecular complexity index is 552. The Hall–Kier alpha value is -1.48. The number of nitrogens with one attached hydrogen (secondary N) is 1. The summed E-state index contributed by atoms with van der Waals surface area (Å²) in [5.41, 5.74) is 3.92. The smallest absolute Gasteiger partial charge is 0.129 e. The second-order valence-electron chi connectivity index (χ2n) is 4.60. The van der Waals surface area contributed by atoms with Gasteiger partial charge in [0.1, 0.15) is 5.82 Å². The zero-order valence-electron chi connectivity index (χ0n) is 11.7. The van der Waals surface area contributed by atoms with Gasteiger partial charge < -0.3 is 5.32 Å². The molecule has 0 unspecified atom stereocenters. The highest BCUT2D eigenvalue weighted by molar-refractivity contribution is 7.98. The predicted octanol–water partition coefficient (Wildman–Crippen LogP) is 4.42. The van der Waals surface area contributed by atoms with Crippen molar-refractivity contribution in [2.75, 3.05) is 11.9 Å². The van der Waals surface area contributed by atoms with Crippen molar-refractivity contribution >= 4 is 17.6 Å². The third kappa shape index (κ3) is 3.74. The molecule has 0 atom stereocenters. The van der Waals surface area contributed by atoms with Gasteiger partial charge in [0.15, 0.2) is 0 Å². The number of thioether (sulfide) groups is 1. The molecule has 19 heavy (non-hydrogen) atoms. The summed E-state index contributed by atoms with van der Waals surface area (Å²) in [4.78, 5) is 5.74. The summed E-state index contributed by atoms with van der Waals surface area (Å²) in [5.74, 6) is 1.95. The van der Waals surface area contributed by atoms with Gasteiger partial charge in [-0.05, 0) is 38.5 Å². The molecule has 100 valence electrons. The van der Waals surface area contributed by atoms with Gasteiger partial charge in [-0.3, -0.25) is 0 Å². The van der Waals surface area contributed by atoms with Gasteiger partial charge in [0.2, 0.25) is 0 Å². The number of pyridine rings is 1. The second kappa shape index (κ2) is 6.62. The molecule has 0 spiro atoms. The maximum Gasteiger partial charge on any atom is 0.129 e. The first-order valence-electron chi connectivity index (χ1n) is 6.58. The van der Waals surface area contributed by atoms with Crippen molar-refractivity contribution < 1.29 is 0 Å². The molecule has 0 aliphatic rings. The van der Waals surface area contributed by atoms with Crippen LogP contribution in [0.2, 0.25) is 0 Å². The van der Waals surface area contributed by atoms with Crippen LogP contribution in [-0.4, -0.2) is 11.5 Å². The van der Waals surface area contributed by atoms with Gasteiger partial charge in [0.05, 0.1) is 0 Å². The van der Waals surface area contributed by atoms with Crippen LogP contribution in [0.3, 0.4) is 0 Å². The Labute approximate surface area is 119 Å². The van der Waals surface area contributed by atoms with E-state index in [9.17, 15) is 0 Å². The Morgan fingerprint density at radius 3 is 2.79 bits per heavy atom. The monoisotopic (exact) mass is 272 g/mol. The van der Waals surface area contributed by atoms with Crippen molar-refractivity contribution in [2.24, 2.45) is 0 Å². The lowest BCUT2D eigenvalue weighted by molar-refractivity contribution is 1.13. The minimum Gasteiger partial charge on any atom is -0.370 e. The van der Waals surface area contributed by atoms with Crippen molar-refractivity contribution in [1.82, 2.24) is 4.98 Å². The fourth-order valence-corrected chi connectivity index (χ4v) is 2.99. The van der Waals surface area contributed by atoms with Gasteiger partial charge in [0, 0.05) is 29.0 Å². The van der Waals surface area contributed by atoms with Crippen molar-refractivity contribution in [1.29, 1.82) is 0 Å². The zero-order chi connectivity index (χ0) is 13.7. The van der Waals surface area contributed by atoms with Gasteiger partial charge in [-0.25, -0.2) is 4.98 Å². The Kier molecular flexibility index (Phi) is 4.86. The summed E-state index contributed by atoms with van der Waals surface area (Å²) >= 11 is 1.87. The quantitative estimate of drug-likeness (QED) is 0.815. The zero-order valence-corrected chi connectivity index (χ0v) is 12.6. The first-order chi connectivity index (χ1) is 9.20. The van der Waals surface area contributed by atoms with Crippen molar-refractivity contribution in [2.45, 2.75) is 31.4 Å². The van der Waals surface area contributed by atoms with Crippen LogP contribution in [-0.2, 0) is 5.75 Å². The van der Waals surface area contributed by atoms with Gasteiger partial charge in [-0.2, -0.15) is 0 Å². The largest absolute Gasteiger partial charge is 0.370 e. The number of rotatable bonds is 5. The second-order valence-corrected chi connectivity index (χ2v) is 5.62. The SMILES string of the molecule is CCNc1ncccc1CSc1ccc(C)cc1C. The minimum absolute atomic E-state index is 0.901. The third-order valence-corrected chi connectivity index (χ3v) is 4.17. The molecule has 1 aromatic carbocycles. The lowest BCUT2D eigenvalue weighted by Gasteiger charge is -2.10. The number of aryl methyl sites for hydroxylation is 2. The van der Waals surface area contributed by atoms with E-state index >= 15 is 0 Å². The number of hydrogen-bond acceptors (Lipinski definition) is 3. The van der Waals surface area contributed by atoms with E-state index in [1.165, 1.54) is 21.6 Å². The maximum atomic E-state index is 4.39. The Morgan fingerprint density at radius 1 is 1.21 bits per heavy atom. The molecule has 3 heteroatoms. The number of hydrogen-bond donors (Lipinski definition) is 1. The predicted molar refractivity (Wildman–Crippen MR) is 83.9 cm³/mol. The summed E-state index contributed by atoms with van der Waals surface area (Å²) < 4.78 is 0. The molecule has 0 aliphatic carbocycles. The highest BCUT2D eigenvalue weighted by Gasteiger charge is 2.05. The number of nitrogens with zero attached hydrogens (tertiary/aromatic N) is 1. The van der Waals surface area contributed by atoms with Crippen molar-refractivity contribution in [3.63, 3.8) is 0 Å². The van der Waals surface area contributed by atoms with E-state index in [4.69, 9.17) is 0 Å². The average molecular weight is 272 g/mol. The topological polar surface area (TPSA) is 24.9 Å². The summed E-state index contributed by atoms with van der Waals surface area (Å²) in [6, 6.07) is 10.7. The molecule has 0 saturated heterocycles. The van der Waals surface area contributed by atoms with Gasteiger partial charge in [-0.1, -0.05) is 23.8 Å². The molecule has 0 bridgehead atoms. The fraction of sp³-hybridized carbons (Fsp3) is 0.312. The standard InChI is InChI=1S/C16H20N2S/c1-4-17-16-14(6-5-9-18-16)11-19-15-8-7-12(2)10-13(15)3/h5-10H,4,11H2,1-3H3,(H,17,18). The van der Waals surface area contributed by atoms with E-state index in [1.807, 2.05) is 24.0 Å². The molecule has 2 rings (SSSR count). The van der Waals surface area contributed by atoms with Gasteiger partial charge in [-0.15, -0.1) is 11.8 Å². The molecule has 2 nitrogen and oxygen atoms in total. The minimum atomic E-state index is 0.901. The van der Waals surface area contributed by atoms with E-state index in [2.05, 4.69) is 55.3 Å². The molecular formula is C16H20N2S. The van der Waals surface area contributed by atoms with Crippen molar-refractivity contribution in [3.8, 4) is 0 Å². The molecule has 1 aromatic heterocycles. The lowest BCUT2D eigenvalue weighted by atomic mass is 10.2. The molecule has 0 fully saturated rings. The van der Waals surface area contributed by atoms with E-state index in [-0.39, 0.29) is 0 Å². The molecular weight excluding hydrogens is 252 g/mol. The number of aromatic nitrogens is 1. The van der Waals surface area contributed by atoms with Crippen LogP contribution in [0.25, 0.3) is 0 Å². The Balaban J connectivity index is 2.10. The van der Waals surface area contributed by atoms with Crippen molar-refractivity contribution in [3.05, 3.63) is 53.2 Å². The molecule has 0 amide bonds. The first kappa shape index (κ1) is 13.9. The van der Waals surface area contributed by atoms with E-state index in [0.717, 1.165) is 18.1 Å². The van der Waals surface area contributed by atoms with Crippen LogP contribution in [0.15, 0.2) is 41.4 Å². The van der Waals surface area contributed by atoms with Crippen LogP contribution in [0.5, 0.6) is 0 Å². The molecule has 2 aromatic rings. The summed E-state index contributed by atoms with van der Waals surface area (Å²) in [7, 11) is 0. The Morgan fingerprint density at radius 2 is 2.05 bits per heavy atom. The third-order valence-electron chi connectivity index (χ3n) is 2.95. The molecule has 0 aliphatic heterocycles. The van der Waals surface area contributed by atoms with E-state index < -0.39 is 0 Å². The number of anilines is 1. The van der Waals surface area contributed by atoms with Gasteiger partial charge in [0.25, 0.3) is 0 Å². The first-order valence-corrected chi connectivity index (χ1v) is 7.57. The summed E-state index contributed by atoms with van der Waals surface area (Å²) in [5, 5.41) is 3.31. The molecule has 1 heterocycles. The summed E-state index contributed by atoms with van der Waals surface area (Å²) in [6.07, 6.45) is 1.84. The van der Waals surface area contributed by atoms with Crippen LogP contribution in [0.4, 0.5) is 5.82 Å². The maximum absolute atomic E-state index is 4.39. The van der Waals surface area contributed by atoms with Crippen LogP contribution >= 0.6 is 11.8 Å². The van der Waals surface area contributed by atoms with Crippen LogP contribution in [0, 0.1) is 13.8 Å². The molecule has 1 N–H and O–H groups in total. The van der Waals surface area contributed by atoms with E-state index in [0.29, 0.717) is 0 Å². The van der Waals surface area contributed by atoms with Crippen LogP contribution < -0.4 is 5.32 Å². The molecule has 0 saturated carbocycles. The summed E-state index contributed by atoms with van der Waals surface area (Å²) in [6.45, 7) is 7.30. The molecule has 0 radical (unpaired) electrons. The van der Waals surface area contributed by atoms with E-state index in [1.54, 1.807) is 0 Å². The normalized spacial score (nSPS) is 10.5. The highest BCUT2D eigenvalue weighted by Crippen LogP contribution is 2.28. The lowest BCUT2D eigenvalue weighted by Crippen LogP contribution is -2.02. The van der Waals surface area contributed by atoms with Gasteiger partial charge >= 0.3 is 0 Å². The average Bonchev–Trinajstić information content (AvgIpc) is 2.40. The fourth-order valence-electron chi connectivity index (χ4n) is 2.00. The highest BCUT2D eigenvalue weighted by atomic mass is 32.2. The van der Waals surface area contributed by atoms with Crippen LogP contribution in [0.1, 0.15) is 23.6 Å².